The van der Waals surface area contributed by atoms with Crippen molar-refractivity contribution in [3.63, 3.8) is 0 Å². The summed E-state index contributed by atoms with van der Waals surface area (Å²) < 4.78 is 10.5. The second-order valence-corrected chi connectivity index (χ2v) is 4.82. The number of hydrogen-bond donors (Lipinski definition) is 2. The first-order chi connectivity index (χ1) is 10.7. The number of unbranched alkanes of at least 4 members (excludes halogenated alkanes) is 2. The lowest BCUT2D eigenvalue weighted by atomic mass is 10.1. The van der Waals surface area contributed by atoms with Crippen molar-refractivity contribution in [1.29, 1.82) is 0 Å². The molecule has 0 aliphatic heterocycles. The van der Waals surface area contributed by atoms with Crippen molar-refractivity contribution in [1.82, 2.24) is 0 Å². The highest BCUT2D eigenvalue weighted by molar-refractivity contribution is 5.76. The summed E-state index contributed by atoms with van der Waals surface area (Å²) in [5, 5.41) is 18.7. The van der Waals surface area contributed by atoms with Crippen LogP contribution in [0, 0.1) is 0 Å². The van der Waals surface area contributed by atoms with Crippen LogP contribution in [0.4, 0.5) is 0 Å². The van der Waals surface area contributed by atoms with Gasteiger partial charge >= 0.3 is 0 Å². The minimum absolute atomic E-state index is 0.107. The third-order valence-corrected chi connectivity index (χ3v) is 3.20. The number of carbonyl (C=O) groups is 1. The molecule has 1 rings (SSSR count). The Bertz CT molecular complexity index is 474. The van der Waals surface area contributed by atoms with E-state index >= 15 is 0 Å². The fourth-order valence-electron chi connectivity index (χ4n) is 1.97. The summed E-state index contributed by atoms with van der Waals surface area (Å²) in [5.41, 5.74) is 0.417. The maximum atomic E-state index is 11.0. The zero-order valence-corrected chi connectivity index (χ0v) is 12.5. The van der Waals surface area contributed by atoms with E-state index in [1.54, 1.807) is 6.29 Å². The van der Waals surface area contributed by atoms with Gasteiger partial charge in [0.25, 0.3) is 0 Å². The van der Waals surface area contributed by atoms with Crippen LogP contribution < -0.4 is 9.47 Å². The van der Waals surface area contributed by atoms with E-state index in [9.17, 15) is 14.7 Å². The van der Waals surface area contributed by atoms with Gasteiger partial charge in [-0.05, 0) is 31.0 Å². The Morgan fingerprint density at radius 1 is 1.27 bits per heavy atom. The predicted molar refractivity (Wildman–Crippen MR) is 80.1 cm³/mol. The summed E-state index contributed by atoms with van der Waals surface area (Å²) in [6.45, 7) is 0.107. The van der Waals surface area contributed by atoms with Crippen LogP contribution in [0.15, 0.2) is 18.2 Å². The maximum Gasteiger partial charge on any atom is 0.245 e. The lowest BCUT2D eigenvalue weighted by Crippen LogP contribution is -2.33. The molecule has 0 spiro atoms. The fourth-order valence-corrected chi connectivity index (χ4v) is 1.97. The van der Waals surface area contributed by atoms with E-state index in [4.69, 9.17) is 14.6 Å². The summed E-state index contributed by atoms with van der Waals surface area (Å²) >= 11 is 0. The van der Waals surface area contributed by atoms with Crippen LogP contribution in [0.1, 0.15) is 36.0 Å². The van der Waals surface area contributed by atoms with Crippen LogP contribution >= 0.6 is 0 Å². The maximum absolute atomic E-state index is 11.0. The average molecular weight is 309 g/mol. The number of carbonyl (C=O) groups excluding carboxylic acids is 2. The standard InChI is InChI=1S/C16H21O6/c1-21-15-9-12(10-18)6-7-14(15)22-16(11-19)13(20)5-3-2-4-8-17/h6-7,9-10,13,16-17,20H,2-5,8H2,1H3. The first-order valence-corrected chi connectivity index (χ1v) is 7.12. The Hall–Kier alpha value is -1.92. The third kappa shape index (κ3) is 5.46. The summed E-state index contributed by atoms with van der Waals surface area (Å²) in [6.07, 6.45) is 2.68. The number of aldehydes is 1. The first-order valence-electron chi connectivity index (χ1n) is 7.12. The van der Waals surface area contributed by atoms with Crippen molar-refractivity contribution in [2.45, 2.75) is 37.9 Å². The molecule has 121 valence electrons. The van der Waals surface area contributed by atoms with Crippen LogP contribution in [-0.4, -0.2) is 48.7 Å². The topological polar surface area (TPSA) is 93.1 Å². The number of methoxy groups -OCH3 is 1. The molecule has 0 bridgehead atoms. The highest BCUT2D eigenvalue weighted by Gasteiger charge is 2.22. The second-order valence-electron chi connectivity index (χ2n) is 4.82. The van der Waals surface area contributed by atoms with Crippen molar-refractivity contribution >= 4 is 12.6 Å². The Morgan fingerprint density at radius 3 is 2.64 bits per heavy atom. The van der Waals surface area contributed by atoms with E-state index in [1.807, 2.05) is 0 Å². The van der Waals surface area contributed by atoms with Crippen LogP contribution in [0.5, 0.6) is 11.5 Å². The van der Waals surface area contributed by atoms with Crippen molar-refractivity contribution in [2.75, 3.05) is 13.7 Å². The Kier molecular flexibility index (Phi) is 8.17. The summed E-state index contributed by atoms with van der Waals surface area (Å²) in [7, 11) is 1.42. The lowest BCUT2D eigenvalue weighted by Gasteiger charge is -2.20. The molecule has 22 heavy (non-hydrogen) atoms. The first kappa shape index (κ1) is 18.1. The molecule has 2 unspecified atom stereocenters. The van der Waals surface area contributed by atoms with Crippen LogP contribution in [0.25, 0.3) is 0 Å². The smallest absolute Gasteiger partial charge is 0.245 e. The molecule has 1 radical (unpaired) electrons. The van der Waals surface area contributed by atoms with Gasteiger partial charge in [0, 0.05) is 12.2 Å². The molecule has 2 N–H and O–H groups in total. The zero-order valence-electron chi connectivity index (χ0n) is 12.5. The van der Waals surface area contributed by atoms with Crippen LogP contribution in [-0.2, 0) is 4.79 Å². The number of benzene rings is 1. The van der Waals surface area contributed by atoms with E-state index in [1.165, 1.54) is 25.3 Å². The van der Waals surface area contributed by atoms with Gasteiger partial charge in [0.1, 0.15) is 6.29 Å². The summed E-state index contributed by atoms with van der Waals surface area (Å²) in [6, 6.07) is 4.52. The predicted octanol–water partition coefficient (Wildman–Crippen LogP) is 1.28. The van der Waals surface area contributed by atoms with Crippen molar-refractivity contribution in [3.05, 3.63) is 23.8 Å². The van der Waals surface area contributed by atoms with Crippen molar-refractivity contribution in [2.24, 2.45) is 0 Å². The van der Waals surface area contributed by atoms with E-state index in [0.29, 0.717) is 36.9 Å². The van der Waals surface area contributed by atoms with Gasteiger partial charge < -0.3 is 19.7 Å². The van der Waals surface area contributed by atoms with Crippen LogP contribution in [0.3, 0.4) is 0 Å². The van der Waals surface area contributed by atoms with Gasteiger partial charge in [0.05, 0.1) is 13.2 Å². The van der Waals surface area contributed by atoms with Gasteiger partial charge in [-0.15, -0.1) is 0 Å². The van der Waals surface area contributed by atoms with E-state index in [0.717, 1.165) is 6.42 Å². The monoisotopic (exact) mass is 309 g/mol. The Balaban J connectivity index is 2.68. The van der Waals surface area contributed by atoms with Crippen LogP contribution in [0.2, 0.25) is 0 Å². The van der Waals surface area contributed by atoms with Crippen molar-refractivity contribution < 1.29 is 29.3 Å². The van der Waals surface area contributed by atoms with Gasteiger partial charge in [-0.2, -0.15) is 0 Å². The van der Waals surface area contributed by atoms with Crippen molar-refractivity contribution in [3.8, 4) is 11.5 Å². The molecule has 0 amide bonds. The van der Waals surface area contributed by atoms with Gasteiger partial charge in [0.15, 0.2) is 17.6 Å². The lowest BCUT2D eigenvalue weighted by molar-refractivity contribution is 0.0629. The number of aliphatic hydroxyl groups is 2. The molecule has 1 aromatic rings. The van der Waals surface area contributed by atoms with Gasteiger partial charge in [-0.25, -0.2) is 0 Å². The number of rotatable bonds is 11. The molecular weight excluding hydrogens is 288 g/mol. The van der Waals surface area contributed by atoms with E-state index < -0.39 is 12.2 Å². The SMILES string of the molecule is COc1cc(C=O)ccc1OC([C]=O)C(O)CCCCCO. The number of aliphatic hydroxyl groups excluding tert-OH is 2. The fraction of sp³-hybridized carbons (Fsp3) is 0.500. The molecule has 0 fully saturated rings. The number of ether oxygens (including phenoxy) is 2. The molecule has 0 heterocycles. The molecule has 6 nitrogen and oxygen atoms in total. The highest BCUT2D eigenvalue weighted by atomic mass is 16.5. The Morgan fingerprint density at radius 2 is 2.05 bits per heavy atom. The average Bonchev–Trinajstić information content (AvgIpc) is 2.56. The molecule has 0 saturated carbocycles. The van der Waals surface area contributed by atoms with Gasteiger partial charge in [-0.1, -0.05) is 12.8 Å². The Labute approximate surface area is 129 Å². The van der Waals surface area contributed by atoms with Gasteiger partial charge in [0.2, 0.25) is 6.29 Å². The van der Waals surface area contributed by atoms with E-state index in [-0.39, 0.29) is 12.4 Å². The molecule has 6 heteroatoms. The molecule has 0 saturated heterocycles. The third-order valence-electron chi connectivity index (χ3n) is 3.20. The molecule has 0 aromatic heterocycles. The highest BCUT2D eigenvalue weighted by Crippen LogP contribution is 2.29. The summed E-state index contributed by atoms with van der Waals surface area (Å²) in [4.78, 5) is 21.7. The zero-order chi connectivity index (χ0) is 16.4. The van der Waals surface area contributed by atoms with Gasteiger partial charge in [-0.3, -0.25) is 9.59 Å². The quantitative estimate of drug-likeness (QED) is 0.472. The second kappa shape index (κ2) is 9.92. The summed E-state index contributed by atoms with van der Waals surface area (Å²) in [5.74, 6) is 0.563. The number of hydrogen-bond acceptors (Lipinski definition) is 6. The molecule has 1 aromatic carbocycles. The normalized spacial score (nSPS) is 13.2. The largest absolute Gasteiger partial charge is 0.493 e. The minimum Gasteiger partial charge on any atom is -0.493 e. The minimum atomic E-state index is -1.13. The van der Waals surface area contributed by atoms with E-state index in [2.05, 4.69) is 0 Å². The molecule has 2 atom stereocenters. The molecular formula is C16H21O6. The molecule has 0 aliphatic carbocycles. The molecule has 0 aliphatic rings.